The molecule has 2 aliphatic rings. The standard InChI is InChI=1S/C12H22N2O2/c1-16-11(15)12(6-4-8-14-12)9-10-5-2-3-7-13-10/h10,13-14H,2-9H2,1H3. The minimum Gasteiger partial charge on any atom is -0.468 e. The Hall–Kier alpha value is -0.610. The lowest BCUT2D eigenvalue weighted by Gasteiger charge is -2.33. The predicted molar refractivity (Wildman–Crippen MR) is 62.2 cm³/mol. The van der Waals surface area contributed by atoms with Crippen LogP contribution in [0.25, 0.3) is 0 Å². The van der Waals surface area contributed by atoms with Gasteiger partial charge in [-0.3, -0.25) is 4.79 Å². The van der Waals surface area contributed by atoms with E-state index >= 15 is 0 Å². The van der Waals surface area contributed by atoms with Crippen molar-refractivity contribution < 1.29 is 9.53 Å². The van der Waals surface area contributed by atoms with E-state index in [2.05, 4.69) is 10.6 Å². The predicted octanol–water partition coefficient (Wildman–Crippen LogP) is 0.814. The zero-order valence-electron chi connectivity index (χ0n) is 10.1. The zero-order chi connectivity index (χ0) is 11.4. The molecule has 0 bridgehead atoms. The van der Waals surface area contributed by atoms with Crippen LogP contribution in [-0.4, -0.2) is 37.7 Å². The second kappa shape index (κ2) is 5.15. The van der Waals surface area contributed by atoms with E-state index in [4.69, 9.17) is 4.74 Å². The molecule has 2 fully saturated rings. The van der Waals surface area contributed by atoms with Gasteiger partial charge in [-0.1, -0.05) is 6.42 Å². The fourth-order valence-corrected chi connectivity index (χ4v) is 2.95. The van der Waals surface area contributed by atoms with Gasteiger partial charge < -0.3 is 15.4 Å². The first kappa shape index (κ1) is 11.9. The number of esters is 1. The van der Waals surface area contributed by atoms with Gasteiger partial charge in [-0.25, -0.2) is 0 Å². The highest BCUT2D eigenvalue weighted by atomic mass is 16.5. The van der Waals surface area contributed by atoms with Crippen LogP contribution in [0.15, 0.2) is 0 Å². The Morgan fingerprint density at radius 2 is 2.25 bits per heavy atom. The fourth-order valence-electron chi connectivity index (χ4n) is 2.95. The molecule has 4 heteroatoms. The van der Waals surface area contributed by atoms with Crippen molar-refractivity contribution in [2.24, 2.45) is 0 Å². The number of carbonyl (C=O) groups is 1. The molecule has 0 aromatic heterocycles. The molecule has 2 unspecified atom stereocenters. The van der Waals surface area contributed by atoms with Gasteiger partial charge in [-0.2, -0.15) is 0 Å². The van der Waals surface area contributed by atoms with E-state index in [0.717, 1.165) is 32.4 Å². The maximum absolute atomic E-state index is 11.9. The average molecular weight is 226 g/mol. The van der Waals surface area contributed by atoms with Crippen molar-refractivity contribution in [3.63, 3.8) is 0 Å². The van der Waals surface area contributed by atoms with Gasteiger partial charge in [0.1, 0.15) is 5.54 Å². The summed E-state index contributed by atoms with van der Waals surface area (Å²) in [7, 11) is 1.48. The highest BCUT2D eigenvalue weighted by molar-refractivity contribution is 5.81. The Balaban J connectivity index is 1.98. The number of methoxy groups -OCH3 is 1. The van der Waals surface area contributed by atoms with E-state index in [1.54, 1.807) is 0 Å². The number of rotatable bonds is 3. The summed E-state index contributed by atoms with van der Waals surface area (Å²) in [5.74, 6) is -0.0858. The van der Waals surface area contributed by atoms with E-state index in [-0.39, 0.29) is 5.97 Å². The molecular weight excluding hydrogens is 204 g/mol. The van der Waals surface area contributed by atoms with Crippen molar-refractivity contribution in [1.29, 1.82) is 0 Å². The molecule has 2 rings (SSSR count). The van der Waals surface area contributed by atoms with Gasteiger partial charge in [0.2, 0.25) is 0 Å². The topological polar surface area (TPSA) is 50.4 Å². The Labute approximate surface area is 97.1 Å². The zero-order valence-corrected chi connectivity index (χ0v) is 10.1. The quantitative estimate of drug-likeness (QED) is 0.699. The summed E-state index contributed by atoms with van der Waals surface area (Å²) in [6, 6.07) is 0.471. The van der Waals surface area contributed by atoms with Crippen LogP contribution in [0.5, 0.6) is 0 Å². The second-order valence-electron chi connectivity index (χ2n) is 4.95. The van der Waals surface area contributed by atoms with Gasteiger partial charge >= 0.3 is 5.97 Å². The Kier molecular flexibility index (Phi) is 3.82. The van der Waals surface area contributed by atoms with Crippen LogP contribution in [0.3, 0.4) is 0 Å². The Morgan fingerprint density at radius 3 is 2.81 bits per heavy atom. The summed E-state index contributed by atoms with van der Waals surface area (Å²) in [5.41, 5.74) is -0.413. The van der Waals surface area contributed by atoms with Crippen LogP contribution in [0.4, 0.5) is 0 Å². The lowest BCUT2D eigenvalue weighted by atomic mass is 9.86. The first-order chi connectivity index (χ1) is 7.77. The van der Waals surface area contributed by atoms with Crippen molar-refractivity contribution in [3.8, 4) is 0 Å². The van der Waals surface area contributed by atoms with Gasteiger partial charge in [0, 0.05) is 6.04 Å². The average Bonchev–Trinajstić information content (AvgIpc) is 2.79. The Morgan fingerprint density at radius 1 is 1.38 bits per heavy atom. The molecule has 0 aliphatic carbocycles. The summed E-state index contributed by atoms with van der Waals surface area (Å²) in [6.45, 7) is 2.02. The molecule has 0 aromatic carbocycles. The number of carbonyl (C=O) groups excluding carboxylic acids is 1. The van der Waals surface area contributed by atoms with E-state index in [1.807, 2.05) is 0 Å². The third-order valence-electron chi connectivity index (χ3n) is 3.83. The van der Waals surface area contributed by atoms with Crippen LogP contribution >= 0.6 is 0 Å². The van der Waals surface area contributed by atoms with Crippen molar-refractivity contribution >= 4 is 5.97 Å². The molecule has 0 aromatic rings. The molecule has 0 spiro atoms. The molecule has 0 saturated carbocycles. The smallest absolute Gasteiger partial charge is 0.326 e. The van der Waals surface area contributed by atoms with E-state index in [0.29, 0.717) is 6.04 Å². The fraction of sp³-hybridized carbons (Fsp3) is 0.917. The molecule has 2 atom stereocenters. The summed E-state index contributed by atoms with van der Waals surface area (Å²) in [6.07, 6.45) is 6.57. The number of hydrogen-bond donors (Lipinski definition) is 2. The maximum atomic E-state index is 11.9. The molecule has 2 heterocycles. The molecule has 16 heavy (non-hydrogen) atoms. The summed E-state index contributed by atoms with van der Waals surface area (Å²) < 4.78 is 4.95. The van der Waals surface area contributed by atoms with Gasteiger partial charge in [0.25, 0.3) is 0 Å². The van der Waals surface area contributed by atoms with Crippen molar-refractivity contribution in [1.82, 2.24) is 10.6 Å². The highest BCUT2D eigenvalue weighted by Crippen LogP contribution is 2.28. The summed E-state index contributed by atoms with van der Waals surface area (Å²) >= 11 is 0. The van der Waals surface area contributed by atoms with Crippen LogP contribution in [-0.2, 0) is 9.53 Å². The van der Waals surface area contributed by atoms with Gasteiger partial charge in [-0.15, -0.1) is 0 Å². The van der Waals surface area contributed by atoms with Crippen molar-refractivity contribution in [3.05, 3.63) is 0 Å². The second-order valence-corrected chi connectivity index (χ2v) is 4.95. The van der Waals surface area contributed by atoms with E-state index in [1.165, 1.54) is 26.4 Å². The van der Waals surface area contributed by atoms with Crippen molar-refractivity contribution in [2.75, 3.05) is 20.2 Å². The molecule has 2 saturated heterocycles. The van der Waals surface area contributed by atoms with Crippen LogP contribution in [0, 0.1) is 0 Å². The number of hydrogen-bond acceptors (Lipinski definition) is 4. The van der Waals surface area contributed by atoms with E-state index in [9.17, 15) is 4.79 Å². The number of nitrogens with one attached hydrogen (secondary N) is 2. The lowest BCUT2D eigenvalue weighted by Crippen LogP contribution is -2.53. The van der Waals surface area contributed by atoms with Gasteiger partial charge in [0.15, 0.2) is 0 Å². The molecule has 2 aliphatic heterocycles. The molecule has 0 radical (unpaired) electrons. The minimum atomic E-state index is -0.413. The lowest BCUT2D eigenvalue weighted by molar-refractivity contribution is -0.148. The molecule has 92 valence electrons. The molecule has 2 N–H and O–H groups in total. The third kappa shape index (κ3) is 2.38. The Bertz CT molecular complexity index is 243. The molecular formula is C12H22N2O2. The van der Waals surface area contributed by atoms with Crippen LogP contribution < -0.4 is 10.6 Å². The number of ether oxygens (including phenoxy) is 1. The molecule has 4 nitrogen and oxygen atoms in total. The normalized spacial score (nSPS) is 34.9. The summed E-state index contributed by atoms with van der Waals surface area (Å²) in [4.78, 5) is 11.9. The van der Waals surface area contributed by atoms with Gasteiger partial charge in [-0.05, 0) is 45.2 Å². The maximum Gasteiger partial charge on any atom is 0.326 e. The first-order valence-electron chi connectivity index (χ1n) is 6.34. The minimum absolute atomic E-state index is 0.0858. The van der Waals surface area contributed by atoms with Gasteiger partial charge in [0.05, 0.1) is 7.11 Å². The van der Waals surface area contributed by atoms with Crippen LogP contribution in [0.2, 0.25) is 0 Å². The van der Waals surface area contributed by atoms with E-state index < -0.39 is 5.54 Å². The largest absolute Gasteiger partial charge is 0.468 e. The SMILES string of the molecule is COC(=O)C1(CC2CCCCN2)CCCN1. The third-order valence-corrected chi connectivity index (χ3v) is 3.83. The monoisotopic (exact) mass is 226 g/mol. The summed E-state index contributed by atoms with van der Waals surface area (Å²) in [5, 5.41) is 6.86. The number of piperidine rings is 1. The first-order valence-corrected chi connectivity index (χ1v) is 6.34. The van der Waals surface area contributed by atoms with Crippen molar-refractivity contribution in [2.45, 2.75) is 50.1 Å². The highest BCUT2D eigenvalue weighted by Gasteiger charge is 2.43. The molecule has 0 amide bonds. The van der Waals surface area contributed by atoms with Crippen LogP contribution in [0.1, 0.15) is 38.5 Å².